The third kappa shape index (κ3) is 13.5. The molecule has 1 rings (SSSR count). The fourth-order valence-electron chi connectivity index (χ4n) is 0.816. The van der Waals surface area contributed by atoms with Gasteiger partial charge in [0, 0.05) is 0 Å². The smallest absolute Gasteiger partial charge is 0.0233 e. The van der Waals surface area contributed by atoms with Gasteiger partial charge in [0.05, 0.1) is 0 Å². The first-order valence-electron chi connectivity index (χ1n) is 3.02. The highest BCUT2D eigenvalue weighted by atomic mass is 35.5. The lowest BCUT2D eigenvalue weighted by Crippen LogP contribution is -1.75. The Hall–Kier alpha value is -0.460. The topological polar surface area (TPSA) is 0 Å². The van der Waals surface area contributed by atoms with Gasteiger partial charge in [-0.2, -0.15) is 0 Å². The van der Waals surface area contributed by atoms with E-state index in [1.165, 1.54) is 11.1 Å². The molecule has 0 nitrogen and oxygen atoms in total. The largest absolute Gasteiger partial charge is 0.147 e. The van der Waals surface area contributed by atoms with Crippen LogP contribution in [0.1, 0.15) is 48.3 Å². The molecule has 0 saturated carbocycles. The van der Waals surface area contributed by atoms with Crippen molar-refractivity contribution in [2.24, 2.45) is 0 Å². The predicted octanol–water partition coefficient (Wildman–Crippen LogP) is 6.66. The third-order valence-electron chi connectivity index (χ3n) is 1.41. The molecule has 0 heterocycles. The van der Waals surface area contributed by atoms with Crippen LogP contribution in [-0.4, -0.2) is 0 Å². The van der Waals surface area contributed by atoms with Crippen LogP contribution in [0.3, 0.4) is 0 Å². The van der Waals surface area contributed by atoms with E-state index >= 15 is 0 Å². The molecule has 0 radical (unpaired) electrons. The lowest BCUT2D eigenvalue weighted by atomic mass is 10.1. The molecule has 1 aromatic rings. The first kappa shape index (κ1) is 45.0. The number of benzene rings is 1. The highest BCUT2D eigenvalue weighted by Crippen LogP contribution is 2.06. The summed E-state index contributed by atoms with van der Waals surface area (Å²) in [5.41, 5.74) is 2.50. The van der Waals surface area contributed by atoms with Crippen molar-refractivity contribution in [1.82, 2.24) is 0 Å². The van der Waals surface area contributed by atoms with E-state index in [1.54, 1.807) is 0 Å². The van der Waals surface area contributed by atoms with Gasteiger partial charge >= 0.3 is 0 Å². The van der Waals surface area contributed by atoms with Gasteiger partial charge in [-0.3, -0.25) is 0 Å². The lowest BCUT2D eigenvalue weighted by molar-refractivity contribution is 1.45. The van der Waals surface area contributed by atoms with E-state index in [4.69, 9.17) is 0 Å². The van der Waals surface area contributed by atoms with Gasteiger partial charge < -0.3 is 0 Å². The molecule has 0 aromatic heterocycles. The van der Waals surface area contributed by atoms with Crippen LogP contribution >= 0.6 is 24.8 Å². The molecular weight excluding hydrogens is 239 g/mol. The minimum absolute atomic E-state index is 0. The fraction of sp³-hybridized carbons (Fsp3) is 0.429. The molecule has 1 aromatic carbocycles. The maximum absolute atomic E-state index is 3.69. The van der Waals surface area contributed by atoms with E-state index in [0.717, 1.165) is 0 Å². The van der Waals surface area contributed by atoms with Gasteiger partial charge in [-0.15, -0.1) is 24.8 Å². The molecule has 0 N–H and O–H groups in total. The molecular formula is C14H32Cl2. The third-order valence-corrected chi connectivity index (χ3v) is 1.41. The zero-order chi connectivity index (χ0) is 6.69. The van der Waals surface area contributed by atoms with Crippen LogP contribution in [-0.2, 0) is 0 Å². The predicted molar refractivity (Wildman–Crippen MR) is 89.4 cm³/mol. The van der Waals surface area contributed by atoms with E-state index in [9.17, 15) is 0 Å². The fourth-order valence-corrected chi connectivity index (χ4v) is 0.816. The molecule has 0 spiro atoms. The summed E-state index contributed by atoms with van der Waals surface area (Å²) >= 11 is 0. The average Bonchev–Trinajstić information content (AvgIpc) is 1.89. The minimum atomic E-state index is 0. The molecule has 102 valence electrons. The van der Waals surface area contributed by atoms with Crippen molar-refractivity contribution in [3.8, 4) is 0 Å². The van der Waals surface area contributed by atoms with E-state index < -0.39 is 0 Å². The quantitative estimate of drug-likeness (QED) is 0.535. The Balaban J connectivity index is -0.0000000231. The maximum atomic E-state index is 3.69. The van der Waals surface area contributed by atoms with Crippen molar-refractivity contribution in [2.75, 3.05) is 0 Å². The molecule has 0 saturated heterocycles. The second-order valence-corrected chi connectivity index (χ2v) is 2.06. The first-order chi connectivity index (χ1) is 4.34. The van der Waals surface area contributed by atoms with Gasteiger partial charge in [-0.25, -0.2) is 0 Å². The van der Waals surface area contributed by atoms with Gasteiger partial charge in [0.1, 0.15) is 0 Å². The minimum Gasteiger partial charge on any atom is -0.147 e. The van der Waals surface area contributed by atoms with Crippen molar-refractivity contribution in [2.45, 2.75) is 44.1 Å². The van der Waals surface area contributed by atoms with Crippen LogP contribution in [0.4, 0.5) is 0 Å². The Bertz CT molecular complexity index is 220. The summed E-state index contributed by atoms with van der Waals surface area (Å²) < 4.78 is 0. The van der Waals surface area contributed by atoms with Crippen LogP contribution in [0.25, 0.3) is 6.08 Å². The number of aryl methyl sites for hydroxylation is 1. The molecule has 0 aliphatic heterocycles. The molecule has 2 heteroatoms. The van der Waals surface area contributed by atoms with Crippen molar-refractivity contribution in [3.05, 3.63) is 42.0 Å². The monoisotopic (exact) mass is 270 g/mol. The van der Waals surface area contributed by atoms with Crippen molar-refractivity contribution in [3.63, 3.8) is 0 Å². The zero-order valence-electron chi connectivity index (χ0n) is 6.41. The molecule has 0 aliphatic rings. The highest BCUT2D eigenvalue weighted by molar-refractivity contribution is 5.85. The standard InChI is InChI=1S/C9H10.5CH4.2ClH/c1-3-9-7-5-4-6-8(9)2;;;;;;;/h3-7H,1H2,2H3;5*1H4;2*1H. The summed E-state index contributed by atoms with van der Waals surface area (Å²) in [5, 5.41) is 0. The van der Waals surface area contributed by atoms with E-state index in [0.29, 0.717) is 0 Å². The van der Waals surface area contributed by atoms with Gasteiger partial charge in [-0.1, -0.05) is 74.1 Å². The number of hydrogen-bond donors (Lipinski definition) is 0. The van der Waals surface area contributed by atoms with Gasteiger partial charge in [-0.05, 0) is 18.1 Å². The summed E-state index contributed by atoms with van der Waals surface area (Å²) in [7, 11) is 0. The van der Waals surface area contributed by atoms with Crippen molar-refractivity contribution in [1.29, 1.82) is 0 Å². The molecule has 0 atom stereocenters. The lowest BCUT2D eigenvalue weighted by Gasteiger charge is -1.95. The molecule has 0 aliphatic carbocycles. The van der Waals surface area contributed by atoms with Gasteiger partial charge in [0.2, 0.25) is 0 Å². The Kier molecular flexibility index (Phi) is 67.6. The maximum Gasteiger partial charge on any atom is -0.0233 e. The summed E-state index contributed by atoms with van der Waals surface area (Å²) in [6.07, 6.45) is 1.87. The van der Waals surface area contributed by atoms with Gasteiger partial charge in [0.15, 0.2) is 0 Å². The van der Waals surface area contributed by atoms with E-state index in [-0.39, 0.29) is 61.9 Å². The number of halogens is 2. The molecule has 0 fully saturated rings. The summed E-state index contributed by atoms with van der Waals surface area (Å²) in [6.45, 7) is 5.77. The SMILES string of the molecule is C.C.C.C.C.C=Cc1ccccc1C.Cl.Cl. The Labute approximate surface area is 117 Å². The first-order valence-corrected chi connectivity index (χ1v) is 3.02. The van der Waals surface area contributed by atoms with Crippen molar-refractivity contribution >= 4 is 30.9 Å². The van der Waals surface area contributed by atoms with Crippen LogP contribution in [0, 0.1) is 6.92 Å². The molecule has 0 unspecified atom stereocenters. The second kappa shape index (κ2) is 24.0. The summed E-state index contributed by atoms with van der Waals surface area (Å²) in [4.78, 5) is 0. The van der Waals surface area contributed by atoms with Crippen LogP contribution in [0.5, 0.6) is 0 Å². The van der Waals surface area contributed by atoms with E-state index in [1.807, 2.05) is 18.2 Å². The van der Waals surface area contributed by atoms with Gasteiger partial charge in [0.25, 0.3) is 0 Å². The highest BCUT2D eigenvalue weighted by Gasteiger charge is 1.86. The number of hydrogen-bond acceptors (Lipinski definition) is 0. The zero-order valence-corrected chi connectivity index (χ0v) is 8.04. The van der Waals surface area contributed by atoms with Crippen LogP contribution in [0.15, 0.2) is 30.8 Å². The van der Waals surface area contributed by atoms with E-state index in [2.05, 4.69) is 25.6 Å². The number of rotatable bonds is 1. The molecule has 0 amide bonds. The average molecular weight is 271 g/mol. The van der Waals surface area contributed by atoms with Crippen LogP contribution < -0.4 is 0 Å². The molecule has 16 heavy (non-hydrogen) atoms. The Morgan fingerprint density at radius 2 is 1.25 bits per heavy atom. The van der Waals surface area contributed by atoms with Crippen LogP contribution in [0.2, 0.25) is 0 Å². The Morgan fingerprint density at radius 3 is 1.50 bits per heavy atom. The summed E-state index contributed by atoms with van der Waals surface area (Å²) in [6, 6.07) is 8.19. The molecule has 0 bridgehead atoms. The van der Waals surface area contributed by atoms with Crippen molar-refractivity contribution < 1.29 is 0 Å². The second-order valence-electron chi connectivity index (χ2n) is 2.06. The summed E-state index contributed by atoms with van der Waals surface area (Å²) in [5.74, 6) is 0. The Morgan fingerprint density at radius 1 is 0.875 bits per heavy atom. The normalized spacial score (nSPS) is 5.06.